The summed E-state index contributed by atoms with van der Waals surface area (Å²) in [4.78, 5) is 15.0. The van der Waals surface area contributed by atoms with Crippen LogP contribution in [0.5, 0.6) is 11.5 Å². The van der Waals surface area contributed by atoms with Gasteiger partial charge in [0.1, 0.15) is 0 Å². The summed E-state index contributed by atoms with van der Waals surface area (Å²) in [5.41, 5.74) is 3.23. The molecule has 0 fully saturated rings. The molecule has 5 heteroatoms. The second-order valence-electron chi connectivity index (χ2n) is 4.82. The van der Waals surface area contributed by atoms with Crippen LogP contribution in [0.25, 0.3) is 0 Å². The second kappa shape index (κ2) is 6.83. The van der Waals surface area contributed by atoms with E-state index in [4.69, 9.17) is 9.47 Å². The van der Waals surface area contributed by atoms with Crippen molar-refractivity contribution in [3.63, 3.8) is 0 Å². The number of hydrogen-bond acceptors (Lipinski definition) is 3. The van der Waals surface area contributed by atoms with Gasteiger partial charge in [-0.1, -0.05) is 12.1 Å². The van der Waals surface area contributed by atoms with Crippen LogP contribution in [0, 0.1) is 13.8 Å². The highest BCUT2D eigenvalue weighted by Crippen LogP contribution is 2.25. The van der Waals surface area contributed by atoms with E-state index < -0.39 is 0 Å². The first kappa shape index (κ1) is 15.0. The number of ether oxygens (including phenoxy) is 2. The Balaban J connectivity index is 1.84. The maximum atomic E-state index is 11.8. The predicted molar refractivity (Wildman–Crippen MR) is 80.6 cm³/mol. The standard InChI is InChI=1S/C16H20N2O3/c1-11-8-13(12(2)18-11)9-17-16(19)10-21-15-7-5-4-6-14(15)20-3/h4-8,18H,9-10H2,1-3H3,(H,17,19). The summed E-state index contributed by atoms with van der Waals surface area (Å²) < 4.78 is 10.6. The lowest BCUT2D eigenvalue weighted by atomic mass is 10.2. The molecule has 0 saturated carbocycles. The Morgan fingerprint density at radius 3 is 2.57 bits per heavy atom. The fourth-order valence-corrected chi connectivity index (χ4v) is 2.09. The highest BCUT2D eigenvalue weighted by atomic mass is 16.5. The highest BCUT2D eigenvalue weighted by Gasteiger charge is 2.08. The molecule has 0 atom stereocenters. The maximum Gasteiger partial charge on any atom is 0.258 e. The van der Waals surface area contributed by atoms with Crippen LogP contribution in [0.1, 0.15) is 17.0 Å². The third-order valence-corrected chi connectivity index (χ3v) is 3.16. The van der Waals surface area contributed by atoms with Crippen molar-refractivity contribution in [1.29, 1.82) is 0 Å². The van der Waals surface area contributed by atoms with Gasteiger partial charge in [-0.05, 0) is 37.6 Å². The summed E-state index contributed by atoms with van der Waals surface area (Å²) >= 11 is 0. The zero-order valence-electron chi connectivity index (χ0n) is 12.5. The van der Waals surface area contributed by atoms with Gasteiger partial charge in [-0.25, -0.2) is 0 Å². The smallest absolute Gasteiger partial charge is 0.258 e. The molecule has 0 unspecified atom stereocenters. The number of aromatic nitrogens is 1. The summed E-state index contributed by atoms with van der Waals surface area (Å²) in [7, 11) is 1.57. The molecule has 1 aromatic heterocycles. The quantitative estimate of drug-likeness (QED) is 0.857. The fraction of sp³-hybridized carbons (Fsp3) is 0.312. The Morgan fingerprint density at radius 1 is 1.24 bits per heavy atom. The van der Waals surface area contributed by atoms with Crippen molar-refractivity contribution >= 4 is 5.91 Å². The predicted octanol–water partition coefficient (Wildman–Crippen LogP) is 2.34. The van der Waals surface area contributed by atoms with Crippen LogP contribution in [-0.4, -0.2) is 24.6 Å². The Bertz CT molecular complexity index is 620. The Kier molecular flexibility index (Phi) is 4.87. The van der Waals surface area contributed by atoms with Crippen molar-refractivity contribution in [1.82, 2.24) is 10.3 Å². The molecule has 0 radical (unpaired) electrons. The van der Waals surface area contributed by atoms with Crippen molar-refractivity contribution in [2.75, 3.05) is 13.7 Å². The molecule has 1 heterocycles. The van der Waals surface area contributed by atoms with Gasteiger partial charge >= 0.3 is 0 Å². The molecule has 2 rings (SSSR count). The minimum absolute atomic E-state index is 0.0389. The lowest BCUT2D eigenvalue weighted by Crippen LogP contribution is -2.28. The van der Waals surface area contributed by atoms with Crippen LogP contribution in [0.4, 0.5) is 0 Å². The van der Waals surface area contributed by atoms with Gasteiger partial charge in [0.25, 0.3) is 5.91 Å². The van der Waals surface area contributed by atoms with Gasteiger partial charge in [0.15, 0.2) is 18.1 Å². The maximum absolute atomic E-state index is 11.8. The van der Waals surface area contributed by atoms with E-state index in [9.17, 15) is 4.79 Å². The second-order valence-corrected chi connectivity index (χ2v) is 4.82. The molecule has 21 heavy (non-hydrogen) atoms. The third kappa shape index (κ3) is 4.02. The number of rotatable bonds is 6. The molecule has 0 aliphatic carbocycles. The van der Waals surface area contributed by atoms with Gasteiger partial charge in [0.2, 0.25) is 0 Å². The van der Waals surface area contributed by atoms with E-state index in [-0.39, 0.29) is 12.5 Å². The number of carbonyl (C=O) groups excluding carboxylic acids is 1. The first-order chi connectivity index (χ1) is 10.1. The van der Waals surface area contributed by atoms with E-state index in [0.29, 0.717) is 18.0 Å². The van der Waals surface area contributed by atoms with Crippen LogP contribution in [0.2, 0.25) is 0 Å². The molecule has 0 bridgehead atoms. The van der Waals surface area contributed by atoms with Gasteiger partial charge in [0, 0.05) is 17.9 Å². The van der Waals surface area contributed by atoms with Gasteiger partial charge < -0.3 is 19.8 Å². The number of carbonyl (C=O) groups is 1. The third-order valence-electron chi connectivity index (χ3n) is 3.16. The number of nitrogens with one attached hydrogen (secondary N) is 2. The van der Waals surface area contributed by atoms with Crippen molar-refractivity contribution in [3.8, 4) is 11.5 Å². The van der Waals surface area contributed by atoms with Crippen LogP contribution in [0.3, 0.4) is 0 Å². The first-order valence-electron chi connectivity index (χ1n) is 6.77. The number of methoxy groups -OCH3 is 1. The molecule has 1 aromatic carbocycles. The summed E-state index contributed by atoms with van der Waals surface area (Å²) in [5, 5.41) is 2.84. The monoisotopic (exact) mass is 288 g/mol. The molecule has 1 amide bonds. The number of benzene rings is 1. The summed E-state index contributed by atoms with van der Waals surface area (Å²) in [6, 6.07) is 9.27. The molecule has 2 aromatic rings. The zero-order chi connectivity index (χ0) is 15.2. The van der Waals surface area contributed by atoms with Crippen LogP contribution < -0.4 is 14.8 Å². The molecule has 0 saturated heterocycles. The normalized spacial score (nSPS) is 10.2. The number of aryl methyl sites for hydroxylation is 2. The van der Waals surface area contributed by atoms with Crippen molar-refractivity contribution in [3.05, 3.63) is 47.3 Å². The molecule has 0 spiro atoms. The molecular formula is C16H20N2O3. The van der Waals surface area contributed by atoms with Crippen LogP contribution >= 0.6 is 0 Å². The van der Waals surface area contributed by atoms with Crippen molar-refractivity contribution in [2.45, 2.75) is 20.4 Å². The Morgan fingerprint density at radius 2 is 1.95 bits per heavy atom. The minimum atomic E-state index is -0.167. The van der Waals surface area contributed by atoms with E-state index in [1.165, 1.54) is 0 Å². The number of H-pyrrole nitrogens is 1. The molecular weight excluding hydrogens is 268 g/mol. The molecule has 2 N–H and O–H groups in total. The SMILES string of the molecule is COc1ccccc1OCC(=O)NCc1cc(C)[nH]c1C. The topological polar surface area (TPSA) is 63.4 Å². The minimum Gasteiger partial charge on any atom is -0.493 e. The lowest BCUT2D eigenvalue weighted by Gasteiger charge is -2.10. The van der Waals surface area contributed by atoms with Gasteiger partial charge in [-0.15, -0.1) is 0 Å². The highest BCUT2D eigenvalue weighted by molar-refractivity contribution is 5.77. The Labute approximate surface area is 124 Å². The van der Waals surface area contributed by atoms with Gasteiger partial charge in [0.05, 0.1) is 7.11 Å². The van der Waals surface area contributed by atoms with Gasteiger partial charge in [-0.2, -0.15) is 0 Å². The fourth-order valence-electron chi connectivity index (χ4n) is 2.09. The van der Waals surface area contributed by atoms with Gasteiger partial charge in [-0.3, -0.25) is 4.79 Å². The number of para-hydroxylation sites is 2. The van der Waals surface area contributed by atoms with Crippen LogP contribution in [-0.2, 0) is 11.3 Å². The summed E-state index contributed by atoms with van der Waals surface area (Å²) in [5.74, 6) is 1.00. The van der Waals surface area contributed by atoms with E-state index in [1.807, 2.05) is 32.0 Å². The summed E-state index contributed by atoms with van der Waals surface area (Å²) in [6.07, 6.45) is 0. The Hall–Kier alpha value is -2.43. The first-order valence-corrected chi connectivity index (χ1v) is 6.77. The van der Waals surface area contributed by atoms with Crippen molar-refractivity contribution < 1.29 is 14.3 Å². The molecule has 112 valence electrons. The van der Waals surface area contributed by atoms with E-state index in [1.54, 1.807) is 19.2 Å². The molecule has 5 nitrogen and oxygen atoms in total. The van der Waals surface area contributed by atoms with E-state index >= 15 is 0 Å². The number of aromatic amines is 1. The molecule has 0 aliphatic heterocycles. The average Bonchev–Trinajstić information content (AvgIpc) is 2.81. The lowest BCUT2D eigenvalue weighted by molar-refractivity contribution is -0.123. The van der Waals surface area contributed by atoms with E-state index in [0.717, 1.165) is 17.0 Å². The summed E-state index contributed by atoms with van der Waals surface area (Å²) in [6.45, 7) is 4.43. The number of hydrogen-bond donors (Lipinski definition) is 2. The molecule has 0 aliphatic rings. The van der Waals surface area contributed by atoms with Crippen molar-refractivity contribution in [2.24, 2.45) is 0 Å². The number of amides is 1. The average molecular weight is 288 g/mol. The van der Waals surface area contributed by atoms with Crippen LogP contribution in [0.15, 0.2) is 30.3 Å². The van der Waals surface area contributed by atoms with E-state index in [2.05, 4.69) is 10.3 Å². The largest absolute Gasteiger partial charge is 0.493 e. The zero-order valence-corrected chi connectivity index (χ0v) is 12.5.